The first-order valence-corrected chi connectivity index (χ1v) is 10.1. The average molecular weight is 397 g/mol. The minimum atomic E-state index is -0.637. The summed E-state index contributed by atoms with van der Waals surface area (Å²) >= 11 is 0. The van der Waals surface area contributed by atoms with Gasteiger partial charge in [0.05, 0.1) is 6.54 Å². The van der Waals surface area contributed by atoms with Gasteiger partial charge in [-0.05, 0) is 51.9 Å². The lowest BCUT2D eigenvalue weighted by molar-refractivity contribution is -0.142. The Balaban J connectivity index is 0.000000668. The molecule has 0 aliphatic heterocycles. The molecule has 2 amide bonds. The van der Waals surface area contributed by atoms with Gasteiger partial charge >= 0.3 is 12.1 Å². The molecule has 1 aliphatic rings. The van der Waals surface area contributed by atoms with E-state index in [2.05, 4.69) is 18.5 Å². The maximum Gasteiger partial charge on any atom is 0.404 e. The number of carbonyl (C=O) groups is 3. The van der Waals surface area contributed by atoms with Crippen molar-refractivity contribution >= 4 is 18.0 Å². The summed E-state index contributed by atoms with van der Waals surface area (Å²) in [6.07, 6.45) is 12.3. The molecule has 7 nitrogen and oxygen atoms in total. The predicted molar refractivity (Wildman–Crippen MR) is 110 cm³/mol. The highest BCUT2D eigenvalue weighted by Crippen LogP contribution is 2.20. The number of ether oxygens (including phenoxy) is 2. The summed E-state index contributed by atoms with van der Waals surface area (Å²) in [4.78, 5) is 32.6. The minimum Gasteiger partial charge on any atom is -0.458 e. The number of amides is 2. The standard InChI is InChI=1S/C15H25NO3.C6H11NO2/c1-4-6-7-8-9-10-11-14(17)16-12-13(3)19-15(18)5-2;7-6(8)9-5-3-1-2-4-5/h4-5,13H,1-2,6-12H2,3H3,(H,16,17);5H,1-4H2,(H2,7,8). The lowest BCUT2D eigenvalue weighted by Crippen LogP contribution is -2.32. The van der Waals surface area contributed by atoms with E-state index in [1.54, 1.807) is 6.92 Å². The van der Waals surface area contributed by atoms with E-state index in [-0.39, 0.29) is 18.1 Å². The van der Waals surface area contributed by atoms with E-state index in [0.29, 0.717) is 13.0 Å². The first-order valence-electron chi connectivity index (χ1n) is 10.1. The van der Waals surface area contributed by atoms with Crippen molar-refractivity contribution in [1.82, 2.24) is 5.32 Å². The molecule has 1 fully saturated rings. The number of nitrogens with two attached hydrogens (primary N) is 1. The number of primary amides is 1. The Morgan fingerprint density at radius 1 is 1.14 bits per heavy atom. The van der Waals surface area contributed by atoms with Crippen molar-refractivity contribution in [3.05, 3.63) is 25.3 Å². The van der Waals surface area contributed by atoms with E-state index in [1.165, 1.54) is 0 Å². The van der Waals surface area contributed by atoms with Gasteiger partial charge < -0.3 is 20.5 Å². The van der Waals surface area contributed by atoms with Gasteiger partial charge in [0, 0.05) is 12.5 Å². The van der Waals surface area contributed by atoms with Crippen LogP contribution in [0.3, 0.4) is 0 Å². The van der Waals surface area contributed by atoms with Gasteiger partial charge in [0.15, 0.2) is 0 Å². The summed E-state index contributed by atoms with van der Waals surface area (Å²) in [6, 6.07) is 0. The Morgan fingerprint density at radius 2 is 1.79 bits per heavy atom. The normalized spacial score (nSPS) is 14.2. The van der Waals surface area contributed by atoms with E-state index in [4.69, 9.17) is 15.2 Å². The zero-order chi connectivity index (χ0) is 21.2. The van der Waals surface area contributed by atoms with E-state index >= 15 is 0 Å². The molecule has 1 atom stereocenters. The van der Waals surface area contributed by atoms with Crippen LogP contribution in [0.5, 0.6) is 0 Å². The van der Waals surface area contributed by atoms with Gasteiger partial charge in [-0.1, -0.05) is 25.5 Å². The topological polar surface area (TPSA) is 108 Å². The molecule has 0 aromatic carbocycles. The molecule has 0 heterocycles. The number of unbranched alkanes of at least 4 members (excludes halogenated alkanes) is 4. The molecule has 1 saturated carbocycles. The molecule has 0 radical (unpaired) electrons. The van der Waals surface area contributed by atoms with Gasteiger partial charge in [-0.25, -0.2) is 9.59 Å². The first kappa shape index (κ1) is 25.7. The molecular formula is C21H36N2O5. The van der Waals surface area contributed by atoms with Crippen molar-refractivity contribution in [2.24, 2.45) is 5.73 Å². The van der Waals surface area contributed by atoms with E-state index in [9.17, 15) is 14.4 Å². The maximum atomic E-state index is 11.5. The number of nitrogens with one attached hydrogen (secondary N) is 1. The van der Waals surface area contributed by atoms with Crippen LogP contribution < -0.4 is 11.1 Å². The van der Waals surface area contributed by atoms with Gasteiger partial charge in [-0.2, -0.15) is 0 Å². The van der Waals surface area contributed by atoms with Crippen LogP contribution in [0.4, 0.5) is 4.79 Å². The highest BCUT2D eigenvalue weighted by molar-refractivity contribution is 5.81. The highest BCUT2D eigenvalue weighted by atomic mass is 16.6. The molecule has 0 aromatic heterocycles. The summed E-state index contributed by atoms with van der Waals surface area (Å²) < 4.78 is 9.69. The summed E-state index contributed by atoms with van der Waals surface area (Å²) in [7, 11) is 0. The number of allylic oxidation sites excluding steroid dienone is 1. The summed E-state index contributed by atoms with van der Waals surface area (Å²) in [5.41, 5.74) is 4.81. The molecule has 0 saturated heterocycles. The second-order valence-electron chi connectivity index (χ2n) is 6.84. The van der Waals surface area contributed by atoms with Crippen molar-refractivity contribution < 1.29 is 23.9 Å². The monoisotopic (exact) mass is 396 g/mol. The Kier molecular flexibility index (Phi) is 15.4. The molecule has 1 rings (SSSR count). The Morgan fingerprint density at radius 3 is 2.36 bits per heavy atom. The number of carbonyl (C=O) groups excluding carboxylic acids is 3. The second kappa shape index (κ2) is 16.8. The summed E-state index contributed by atoms with van der Waals surface area (Å²) in [5, 5.41) is 2.75. The fraction of sp³-hybridized carbons (Fsp3) is 0.667. The Bertz CT molecular complexity index is 487. The Hall–Kier alpha value is -2.31. The van der Waals surface area contributed by atoms with E-state index in [0.717, 1.165) is 63.9 Å². The van der Waals surface area contributed by atoms with Crippen LogP contribution in [0.15, 0.2) is 25.3 Å². The maximum absolute atomic E-state index is 11.5. The fourth-order valence-corrected chi connectivity index (χ4v) is 2.73. The molecule has 160 valence electrons. The molecule has 1 aliphatic carbocycles. The summed E-state index contributed by atoms with van der Waals surface area (Å²) in [5.74, 6) is -0.464. The number of hydrogen-bond donors (Lipinski definition) is 2. The third-order valence-corrected chi connectivity index (χ3v) is 4.22. The number of rotatable bonds is 12. The first-order chi connectivity index (χ1) is 13.4. The third-order valence-electron chi connectivity index (χ3n) is 4.22. The van der Waals surface area contributed by atoms with Crippen LogP contribution in [0.25, 0.3) is 0 Å². The highest BCUT2D eigenvalue weighted by Gasteiger charge is 2.17. The molecule has 0 bridgehead atoms. The molecule has 3 N–H and O–H groups in total. The SMILES string of the molecule is C=CCCCCCCC(=O)NCC(C)OC(=O)C=C.NC(=O)OC1CCCC1. The summed E-state index contributed by atoms with van der Waals surface area (Å²) in [6.45, 7) is 9.06. The van der Waals surface area contributed by atoms with Crippen LogP contribution >= 0.6 is 0 Å². The largest absolute Gasteiger partial charge is 0.458 e. The van der Waals surface area contributed by atoms with Gasteiger partial charge in [0.1, 0.15) is 12.2 Å². The van der Waals surface area contributed by atoms with Crippen molar-refractivity contribution in [3.8, 4) is 0 Å². The van der Waals surface area contributed by atoms with Crippen LogP contribution in [-0.2, 0) is 19.1 Å². The minimum absolute atomic E-state index is 0.00484. The third kappa shape index (κ3) is 15.9. The van der Waals surface area contributed by atoms with E-state index in [1.807, 2.05) is 6.08 Å². The van der Waals surface area contributed by atoms with E-state index < -0.39 is 12.1 Å². The van der Waals surface area contributed by atoms with Crippen LogP contribution in [0.1, 0.15) is 71.1 Å². The zero-order valence-electron chi connectivity index (χ0n) is 17.1. The van der Waals surface area contributed by atoms with Gasteiger partial charge in [-0.15, -0.1) is 6.58 Å². The molecule has 1 unspecified atom stereocenters. The number of hydrogen-bond acceptors (Lipinski definition) is 5. The van der Waals surface area contributed by atoms with Crippen molar-refractivity contribution in [2.45, 2.75) is 83.3 Å². The van der Waals surface area contributed by atoms with Gasteiger partial charge in [0.2, 0.25) is 5.91 Å². The van der Waals surface area contributed by atoms with Crippen molar-refractivity contribution in [1.29, 1.82) is 0 Å². The van der Waals surface area contributed by atoms with Crippen molar-refractivity contribution in [2.75, 3.05) is 6.54 Å². The van der Waals surface area contributed by atoms with Crippen LogP contribution in [0.2, 0.25) is 0 Å². The van der Waals surface area contributed by atoms with Crippen LogP contribution in [-0.4, -0.2) is 36.7 Å². The predicted octanol–water partition coefficient (Wildman–Crippen LogP) is 3.77. The van der Waals surface area contributed by atoms with Crippen molar-refractivity contribution in [3.63, 3.8) is 0 Å². The number of esters is 1. The smallest absolute Gasteiger partial charge is 0.404 e. The average Bonchev–Trinajstić information content (AvgIpc) is 3.15. The Labute approximate surface area is 168 Å². The zero-order valence-corrected chi connectivity index (χ0v) is 17.1. The quantitative estimate of drug-likeness (QED) is 0.226. The molecule has 28 heavy (non-hydrogen) atoms. The fourth-order valence-electron chi connectivity index (χ4n) is 2.73. The molecular weight excluding hydrogens is 360 g/mol. The molecule has 7 heteroatoms. The lowest BCUT2D eigenvalue weighted by Gasteiger charge is -2.12. The van der Waals surface area contributed by atoms with Crippen LogP contribution in [0, 0.1) is 0 Å². The molecule has 0 spiro atoms. The molecule has 0 aromatic rings. The second-order valence-corrected chi connectivity index (χ2v) is 6.84. The van der Waals surface area contributed by atoms with Gasteiger partial charge in [0.25, 0.3) is 0 Å². The lowest BCUT2D eigenvalue weighted by atomic mass is 10.1. The van der Waals surface area contributed by atoms with Gasteiger partial charge in [-0.3, -0.25) is 4.79 Å².